The minimum Gasteiger partial charge on any atom is -0.465 e. The molecule has 0 rings (SSSR count). The predicted octanol–water partition coefficient (Wildman–Crippen LogP) is 5.81. The molecule has 0 heterocycles. The molecule has 2 unspecified atom stereocenters. The van der Waals surface area contributed by atoms with Gasteiger partial charge in [-0.25, -0.2) is 0 Å². The van der Waals surface area contributed by atoms with Crippen LogP contribution in [0.25, 0.3) is 0 Å². The molecule has 192 valence electrons. The van der Waals surface area contributed by atoms with Crippen LogP contribution in [0, 0.1) is 11.8 Å². The highest BCUT2D eigenvalue weighted by Gasteiger charge is 2.10. The highest BCUT2D eigenvalue weighted by molar-refractivity contribution is 5.69. The van der Waals surface area contributed by atoms with Gasteiger partial charge in [-0.1, -0.05) is 66.2 Å². The van der Waals surface area contributed by atoms with Crippen LogP contribution in [0.2, 0.25) is 0 Å². The Hall–Kier alpha value is -0.690. The molecule has 0 amide bonds. The molecule has 0 radical (unpaired) electrons. The Balaban J connectivity index is 3.34. The number of hydrogen-bond donors (Lipinski definition) is 0. The van der Waals surface area contributed by atoms with Crippen LogP contribution in [0.4, 0.5) is 0 Å². The second-order valence-corrected chi connectivity index (χ2v) is 8.53. The summed E-state index contributed by atoms with van der Waals surface area (Å²) in [7, 11) is 0. The lowest BCUT2D eigenvalue weighted by Gasteiger charge is -2.14. The Morgan fingerprint density at radius 1 is 0.594 bits per heavy atom. The minimum atomic E-state index is -0.118. The summed E-state index contributed by atoms with van der Waals surface area (Å²) >= 11 is 0. The molecule has 0 fully saturated rings. The molecule has 32 heavy (non-hydrogen) atoms. The molecule has 0 N–H and O–H groups in total. The van der Waals surface area contributed by atoms with Gasteiger partial charge in [0.15, 0.2) is 0 Å². The quantitative estimate of drug-likeness (QED) is 0.127. The van der Waals surface area contributed by atoms with Gasteiger partial charge >= 0.3 is 5.97 Å². The summed E-state index contributed by atoms with van der Waals surface area (Å²) < 4.78 is 27.6. The minimum absolute atomic E-state index is 0.118. The molecule has 0 aromatic heterocycles. The summed E-state index contributed by atoms with van der Waals surface area (Å²) in [6, 6.07) is 0. The zero-order valence-electron chi connectivity index (χ0n) is 21.5. The van der Waals surface area contributed by atoms with Gasteiger partial charge in [0.2, 0.25) is 0 Å². The monoisotopic (exact) mass is 460 g/mol. The van der Waals surface area contributed by atoms with Crippen molar-refractivity contribution < 1.29 is 28.5 Å². The second kappa shape index (κ2) is 24.9. The maximum Gasteiger partial charge on any atom is 0.305 e. The number of ether oxygens (including phenoxy) is 5. The first-order chi connectivity index (χ1) is 15.7. The van der Waals surface area contributed by atoms with Crippen molar-refractivity contribution in [3.05, 3.63) is 0 Å². The van der Waals surface area contributed by atoms with E-state index in [9.17, 15) is 4.79 Å². The standard InChI is InChI=1S/C26H52O6/c1-5-9-12-24(7-3)22-31-21-20-30-19-18-29-17-16-28-15-11-14-26(27)32-23-25(8-4)13-10-6-2/h24-25H,5-23H2,1-4H3. The first-order valence-corrected chi connectivity index (χ1v) is 13.1. The van der Waals surface area contributed by atoms with Crippen LogP contribution in [-0.4, -0.2) is 65.4 Å². The van der Waals surface area contributed by atoms with Gasteiger partial charge in [-0.05, 0) is 31.1 Å². The van der Waals surface area contributed by atoms with Gasteiger partial charge in [0.05, 0.1) is 46.2 Å². The van der Waals surface area contributed by atoms with E-state index in [1.165, 1.54) is 38.5 Å². The third kappa shape index (κ3) is 21.2. The number of hydrogen-bond acceptors (Lipinski definition) is 6. The van der Waals surface area contributed by atoms with Crippen molar-refractivity contribution in [2.24, 2.45) is 11.8 Å². The third-order valence-corrected chi connectivity index (χ3v) is 5.71. The normalized spacial score (nSPS) is 13.2. The van der Waals surface area contributed by atoms with Crippen molar-refractivity contribution in [2.45, 2.75) is 91.9 Å². The Bertz CT molecular complexity index is 391. The molecule has 0 aromatic rings. The summed E-state index contributed by atoms with van der Waals surface area (Å²) in [5, 5.41) is 0. The van der Waals surface area contributed by atoms with Crippen LogP contribution in [0.3, 0.4) is 0 Å². The number of unbranched alkanes of at least 4 members (excludes halogenated alkanes) is 2. The van der Waals surface area contributed by atoms with Crippen LogP contribution < -0.4 is 0 Å². The average Bonchev–Trinajstić information content (AvgIpc) is 2.81. The highest BCUT2D eigenvalue weighted by atomic mass is 16.6. The second-order valence-electron chi connectivity index (χ2n) is 8.53. The molecule has 0 aliphatic carbocycles. The smallest absolute Gasteiger partial charge is 0.305 e. The van der Waals surface area contributed by atoms with E-state index in [-0.39, 0.29) is 5.97 Å². The lowest BCUT2D eigenvalue weighted by molar-refractivity contribution is -0.145. The molecule has 0 saturated carbocycles. The maximum absolute atomic E-state index is 11.8. The SMILES string of the molecule is CCCCC(CC)COCCOCCOCCOCCCC(=O)OCC(CC)CCCC. The van der Waals surface area contributed by atoms with Crippen molar-refractivity contribution in [3.63, 3.8) is 0 Å². The van der Waals surface area contributed by atoms with E-state index < -0.39 is 0 Å². The first kappa shape index (κ1) is 31.3. The van der Waals surface area contributed by atoms with Gasteiger partial charge in [-0.3, -0.25) is 4.79 Å². The van der Waals surface area contributed by atoms with Gasteiger partial charge in [-0.2, -0.15) is 0 Å². The fourth-order valence-electron chi connectivity index (χ4n) is 3.31. The molecular formula is C26H52O6. The fourth-order valence-corrected chi connectivity index (χ4v) is 3.31. The Kier molecular flexibility index (Phi) is 24.4. The molecule has 2 atom stereocenters. The van der Waals surface area contributed by atoms with Gasteiger partial charge in [0.1, 0.15) is 0 Å². The van der Waals surface area contributed by atoms with Crippen LogP contribution >= 0.6 is 0 Å². The van der Waals surface area contributed by atoms with Gasteiger partial charge in [0.25, 0.3) is 0 Å². The van der Waals surface area contributed by atoms with Crippen molar-refractivity contribution in [1.29, 1.82) is 0 Å². The average molecular weight is 461 g/mol. The zero-order chi connectivity index (χ0) is 23.7. The first-order valence-electron chi connectivity index (χ1n) is 13.1. The van der Waals surface area contributed by atoms with Crippen LogP contribution in [0.15, 0.2) is 0 Å². The number of carbonyl (C=O) groups is 1. The molecule has 0 aromatic carbocycles. The number of rotatable bonds is 25. The Morgan fingerprint density at radius 3 is 1.56 bits per heavy atom. The molecule has 0 saturated heterocycles. The summed E-state index contributed by atoms with van der Waals surface area (Å²) in [6.07, 6.45) is 10.7. The van der Waals surface area contributed by atoms with E-state index in [0.717, 1.165) is 19.4 Å². The molecule has 6 heteroatoms. The van der Waals surface area contributed by atoms with E-state index in [0.29, 0.717) is 77.5 Å². The highest BCUT2D eigenvalue weighted by Crippen LogP contribution is 2.14. The molecular weight excluding hydrogens is 408 g/mol. The largest absolute Gasteiger partial charge is 0.465 e. The van der Waals surface area contributed by atoms with Gasteiger partial charge in [0, 0.05) is 19.6 Å². The maximum atomic E-state index is 11.8. The zero-order valence-corrected chi connectivity index (χ0v) is 21.5. The Labute approximate surface area is 198 Å². The van der Waals surface area contributed by atoms with Gasteiger partial charge in [-0.15, -0.1) is 0 Å². The van der Waals surface area contributed by atoms with Crippen molar-refractivity contribution in [1.82, 2.24) is 0 Å². The lowest BCUT2D eigenvalue weighted by Crippen LogP contribution is -2.15. The molecule has 0 spiro atoms. The van der Waals surface area contributed by atoms with Gasteiger partial charge < -0.3 is 23.7 Å². The van der Waals surface area contributed by atoms with Crippen LogP contribution in [0.1, 0.15) is 91.9 Å². The third-order valence-electron chi connectivity index (χ3n) is 5.71. The van der Waals surface area contributed by atoms with Crippen molar-refractivity contribution in [2.75, 3.05) is 59.5 Å². The van der Waals surface area contributed by atoms with E-state index in [4.69, 9.17) is 23.7 Å². The number of esters is 1. The summed E-state index contributed by atoms with van der Waals surface area (Å²) in [6.45, 7) is 14.2. The van der Waals surface area contributed by atoms with Crippen molar-refractivity contribution in [3.8, 4) is 0 Å². The predicted molar refractivity (Wildman–Crippen MR) is 130 cm³/mol. The molecule has 0 aliphatic rings. The van der Waals surface area contributed by atoms with E-state index in [2.05, 4.69) is 27.7 Å². The molecule has 0 bridgehead atoms. The summed E-state index contributed by atoms with van der Waals surface area (Å²) in [4.78, 5) is 11.8. The Morgan fingerprint density at radius 2 is 1.06 bits per heavy atom. The topological polar surface area (TPSA) is 63.2 Å². The van der Waals surface area contributed by atoms with Crippen molar-refractivity contribution >= 4 is 5.97 Å². The number of carbonyl (C=O) groups excluding carboxylic acids is 1. The van der Waals surface area contributed by atoms with Crippen LogP contribution in [-0.2, 0) is 28.5 Å². The van der Waals surface area contributed by atoms with Crippen LogP contribution in [0.5, 0.6) is 0 Å². The van der Waals surface area contributed by atoms with E-state index in [1.54, 1.807) is 0 Å². The molecule has 6 nitrogen and oxygen atoms in total. The molecule has 0 aliphatic heterocycles. The van der Waals surface area contributed by atoms with E-state index in [1.807, 2.05) is 0 Å². The summed E-state index contributed by atoms with van der Waals surface area (Å²) in [5.74, 6) is 1.05. The summed E-state index contributed by atoms with van der Waals surface area (Å²) in [5.41, 5.74) is 0. The fraction of sp³-hybridized carbons (Fsp3) is 0.962. The van der Waals surface area contributed by atoms with E-state index >= 15 is 0 Å². The lowest BCUT2D eigenvalue weighted by atomic mass is 10.0.